The topological polar surface area (TPSA) is 75.4 Å². The number of azo groups is 1. The fourth-order valence-electron chi connectivity index (χ4n) is 3.25. The van der Waals surface area contributed by atoms with E-state index < -0.39 is 0 Å². The standard InChI is InChI=1S/C24H15Cl2N5OS/c25-17-12-7-13-18(26)21(17)28-29-22-20(16-10-5-2-6-11-16)30-31(23(22)32)24-27-19(14-33-24)15-8-3-1-4-9-15/h1-14,30H. The molecule has 33 heavy (non-hydrogen) atoms. The van der Waals surface area contributed by atoms with Crippen LogP contribution in [0.1, 0.15) is 0 Å². The molecule has 0 aliphatic carbocycles. The van der Waals surface area contributed by atoms with E-state index in [0.717, 1.165) is 16.8 Å². The number of benzene rings is 3. The fraction of sp³-hybridized carbons (Fsp3) is 0. The number of nitrogens with zero attached hydrogens (tertiary/aromatic N) is 4. The van der Waals surface area contributed by atoms with Crippen molar-refractivity contribution in [3.8, 4) is 27.6 Å². The summed E-state index contributed by atoms with van der Waals surface area (Å²) in [5.41, 5.74) is 3.10. The van der Waals surface area contributed by atoms with Gasteiger partial charge in [0, 0.05) is 16.5 Å². The van der Waals surface area contributed by atoms with E-state index in [-0.39, 0.29) is 11.2 Å². The van der Waals surface area contributed by atoms with Crippen LogP contribution in [0.15, 0.2) is 99.3 Å². The van der Waals surface area contributed by atoms with E-state index in [4.69, 9.17) is 23.2 Å². The first-order chi connectivity index (χ1) is 16.1. The summed E-state index contributed by atoms with van der Waals surface area (Å²) in [4.78, 5) is 18.0. The fourth-order valence-corrected chi connectivity index (χ4v) is 4.52. The molecular formula is C24H15Cl2N5OS. The highest BCUT2D eigenvalue weighted by atomic mass is 35.5. The minimum Gasteiger partial charge on any atom is -0.286 e. The number of rotatable bonds is 5. The Morgan fingerprint density at radius 3 is 2.06 bits per heavy atom. The summed E-state index contributed by atoms with van der Waals surface area (Å²) in [5, 5.41) is 14.7. The van der Waals surface area contributed by atoms with E-state index in [1.54, 1.807) is 18.2 Å². The molecule has 0 fully saturated rings. The van der Waals surface area contributed by atoms with Crippen molar-refractivity contribution >= 4 is 45.9 Å². The molecule has 9 heteroatoms. The van der Waals surface area contributed by atoms with Crippen molar-refractivity contribution in [1.82, 2.24) is 14.8 Å². The Morgan fingerprint density at radius 2 is 1.39 bits per heavy atom. The number of hydrogen-bond donors (Lipinski definition) is 1. The molecule has 0 aliphatic heterocycles. The van der Waals surface area contributed by atoms with Gasteiger partial charge in [-0.15, -0.1) is 21.6 Å². The number of halogens is 2. The largest absolute Gasteiger partial charge is 0.301 e. The molecule has 2 aromatic heterocycles. The van der Waals surface area contributed by atoms with Gasteiger partial charge in [0.2, 0.25) is 5.13 Å². The second-order valence-electron chi connectivity index (χ2n) is 6.99. The molecule has 0 bridgehead atoms. The zero-order chi connectivity index (χ0) is 22.8. The number of H-pyrrole nitrogens is 1. The second-order valence-corrected chi connectivity index (χ2v) is 8.64. The monoisotopic (exact) mass is 491 g/mol. The van der Waals surface area contributed by atoms with Gasteiger partial charge in [-0.1, -0.05) is 89.9 Å². The molecule has 5 rings (SSSR count). The normalized spacial score (nSPS) is 11.3. The first kappa shape index (κ1) is 21.3. The maximum Gasteiger partial charge on any atom is 0.301 e. The van der Waals surface area contributed by atoms with Crippen LogP contribution in [-0.4, -0.2) is 14.8 Å². The lowest BCUT2D eigenvalue weighted by Crippen LogP contribution is -2.13. The Morgan fingerprint density at radius 1 is 0.788 bits per heavy atom. The molecule has 6 nitrogen and oxygen atoms in total. The SMILES string of the molecule is O=c1c(N=Nc2c(Cl)cccc2Cl)c(-c2ccccc2)[nH]n1-c1nc(-c2ccccc2)cs1. The molecule has 0 spiro atoms. The zero-order valence-corrected chi connectivity index (χ0v) is 19.3. The van der Waals surface area contributed by atoms with Gasteiger partial charge < -0.3 is 0 Å². The van der Waals surface area contributed by atoms with Crippen LogP contribution in [-0.2, 0) is 0 Å². The van der Waals surface area contributed by atoms with Crippen LogP contribution in [0.4, 0.5) is 11.4 Å². The van der Waals surface area contributed by atoms with Crippen molar-refractivity contribution in [3.05, 3.63) is 105 Å². The summed E-state index contributed by atoms with van der Waals surface area (Å²) in [5.74, 6) is 0. The third kappa shape index (κ3) is 4.26. The van der Waals surface area contributed by atoms with Gasteiger partial charge >= 0.3 is 5.56 Å². The van der Waals surface area contributed by atoms with E-state index in [9.17, 15) is 4.79 Å². The summed E-state index contributed by atoms with van der Waals surface area (Å²) in [6, 6.07) is 24.3. The van der Waals surface area contributed by atoms with E-state index in [2.05, 4.69) is 20.3 Å². The van der Waals surface area contributed by atoms with Crippen molar-refractivity contribution in [3.63, 3.8) is 0 Å². The zero-order valence-electron chi connectivity index (χ0n) is 16.9. The van der Waals surface area contributed by atoms with Crippen molar-refractivity contribution < 1.29 is 0 Å². The van der Waals surface area contributed by atoms with Crippen LogP contribution in [0.2, 0.25) is 10.0 Å². The second kappa shape index (κ2) is 9.15. The van der Waals surface area contributed by atoms with Crippen LogP contribution in [0.3, 0.4) is 0 Å². The number of thiazole rings is 1. The first-order valence-corrected chi connectivity index (χ1v) is 11.5. The van der Waals surface area contributed by atoms with Crippen molar-refractivity contribution in [2.75, 3.05) is 0 Å². The van der Waals surface area contributed by atoms with Crippen LogP contribution in [0.25, 0.3) is 27.6 Å². The number of hydrogen-bond acceptors (Lipinski definition) is 5. The van der Waals surface area contributed by atoms with E-state index in [1.807, 2.05) is 66.0 Å². The summed E-state index contributed by atoms with van der Waals surface area (Å²) in [7, 11) is 0. The average molecular weight is 492 g/mol. The minimum atomic E-state index is -0.380. The van der Waals surface area contributed by atoms with Gasteiger partial charge in [-0.3, -0.25) is 9.89 Å². The van der Waals surface area contributed by atoms with Gasteiger partial charge in [-0.05, 0) is 12.1 Å². The molecule has 3 aromatic carbocycles. The third-order valence-electron chi connectivity index (χ3n) is 4.87. The molecule has 0 aliphatic rings. The molecule has 0 radical (unpaired) electrons. The highest BCUT2D eigenvalue weighted by Gasteiger charge is 2.19. The third-order valence-corrected chi connectivity index (χ3v) is 6.30. The molecule has 0 saturated heterocycles. The van der Waals surface area contributed by atoms with Crippen molar-refractivity contribution in [2.24, 2.45) is 10.2 Å². The van der Waals surface area contributed by atoms with Gasteiger partial charge in [-0.25, -0.2) is 4.98 Å². The van der Waals surface area contributed by atoms with E-state index >= 15 is 0 Å². The molecule has 1 N–H and O–H groups in total. The molecule has 0 amide bonds. The maximum atomic E-state index is 13.4. The summed E-state index contributed by atoms with van der Waals surface area (Å²) < 4.78 is 1.38. The number of nitrogens with one attached hydrogen (secondary N) is 1. The Kier molecular flexibility index (Phi) is 5.92. The molecule has 0 atom stereocenters. The summed E-state index contributed by atoms with van der Waals surface area (Å²) in [6.07, 6.45) is 0. The van der Waals surface area contributed by atoms with E-state index in [0.29, 0.717) is 26.6 Å². The molecule has 5 aromatic rings. The molecule has 162 valence electrons. The molecule has 0 unspecified atom stereocenters. The van der Waals surface area contributed by atoms with Crippen LogP contribution < -0.4 is 5.56 Å². The average Bonchev–Trinajstić information content (AvgIpc) is 3.45. The number of aromatic amines is 1. The predicted molar refractivity (Wildman–Crippen MR) is 134 cm³/mol. The predicted octanol–water partition coefficient (Wildman–Crippen LogP) is 7.68. The van der Waals surface area contributed by atoms with Crippen LogP contribution in [0, 0.1) is 0 Å². The molecule has 0 saturated carbocycles. The lowest BCUT2D eigenvalue weighted by Gasteiger charge is -2.00. The lowest BCUT2D eigenvalue weighted by atomic mass is 10.1. The highest BCUT2D eigenvalue weighted by molar-refractivity contribution is 7.12. The van der Waals surface area contributed by atoms with Crippen molar-refractivity contribution in [1.29, 1.82) is 0 Å². The Labute approximate surface area is 202 Å². The van der Waals surface area contributed by atoms with Gasteiger partial charge in [0.25, 0.3) is 0 Å². The van der Waals surface area contributed by atoms with Gasteiger partial charge in [0.15, 0.2) is 5.69 Å². The summed E-state index contributed by atoms with van der Waals surface area (Å²) >= 11 is 13.8. The highest BCUT2D eigenvalue weighted by Crippen LogP contribution is 2.35. The smallest absolute Gasteiger partial charge is 0.286 e. The van der Waals surface area contributed by atoms with Gasteiger partial charge in [0.05, 0.1) is 21.4 Å². The van der Waals surface area contributed by atoms with Gasteiger partial charge in [0.1, 0.15) is 5.69 Å². The molecular weight excluding hydrogens is 477 g/mol. The van der Waals surface area contributed by atoms with E-state index in [1.165, 1.54) is 16.0 Å². The Hall–Kier alpha value is -3.52. The van der Waals surface area contributed by atoms with Gasteiger partial charge in [-0.2, -0.15) is 4.68 Å². The molecule has 2 heterocycles. The first-order valence-electron chi connectivity index (χ1n) is 9.89. The quantitative estimate of drug-likeness (QED) is 0.256. The Balaban J connectivity index is 1.63. The van der Waals surface area contributed by atoms with Crippen LogP contribution >= 0.6 is 34.5 Å². The Bertz CT molecular complexity index is 1490. The number of aromatic nitrogens is 3. The maximum absolute atomic E-state index is 13.4. The summed E-state index contributed by atoms with van der Waals surface area (Å²) in [6.45, 7) is 0. The van der Waals surface area contributed by atoms with Crippen molar-refractivity contribution in [2.45, 2.75) is 0 Å². The van der Waals surface area contributed by atoms with Crippen LogP contribution in [0.5, 0.6) is 0 Å². The lowest BCUT2D eigenvalue weighted by molar-refractivity contribution is 0.843. The minimum absolute atomic E-state index is 0.133.